The van der Waals surface area contributed by atoms with Gasteiger partial charge >= 0.3 is 0 Å². The summed E-state index contributed by atoms with van der Waals surface area (Å²) < 4.78 is 10.7. The van der Waals surface area contributed by atoms with Gasteiger partial charge in [-0.05, 0) is 32.1 Å². The summed E-state index contributed by atoms with van der Waals surface area (Å²) in [4.78, 5) is 2.16. The zero-order chi connectivity index (χ0) is 9.97. The van der Waals surface area contributed by atoms with Crippen LogP contribution in [-0.2, 0) is 6.42 Å². The fourth-order valence-corrected chi connectivity index (χ4v) is 1.53. The molecule has 0 spiro atoms. The highest BCUT2D eigenvalue weighted by molar-refractivity contribution is 5.48. The summed E-state index contributed by atoms with van der Waals surface area (Å²) in [7, 11) is 4.14. The fourth-order valence-electron chi connectivity index (χ4n) is 1.53. The zero-order valence-electron chi connectivity index (χ0n) is 8.62. The van der Waals surface area contributed by atoms with Gasteiger partial charge in [-0.15, -0.1) is 0 Å². The van der Waals surface area contributed by atoms with Crippen LogP contribution in [0.15, 0.2) is 18.2 Å². The molecule has 0 aliphatic carbocycles. The molecule has 0 aromatic heterocycles. The van der Waals surface area contributed by atoms with E-state index in [0.29, 0.717) is 6.79 Å². The fraction of sp³-hybridized carbons (Fsp3) is 0.455. The molecule has 1 heterocycles. The second kappa shape index (κ2) is 3.88. The Hall–Kier alpha value is -1.22. The summed E-state index contributed by atoms with van der Waals surface area (Å²) >= 11 is 0. The minimum atomic E-state index is 0.355. The highest BCUT2D eigenvalue weighted by atomic mass is 16.7. The van der Waals surface area contributed by atoms with Crippen LogP contribution >= 0.6 is 0 Å². The van der Waals surface area contributed by atoms with Crippen LogP contribution in [0, 0.1) is 0 Å². The van der Waals surface area contributed by atoms with E-state index in [0.717, 1.165) is 24.5 Å². The van der Waals surface area contributed by atoms with Crippen molar-refractivity contribution in [1.82, 2.24) is 4.90 Å². The molecule has 2 rings (SSSR count). The molecule has 0 saturated carbocycles. The first kappa shape index (κ1) is 9.34. The standard InChI is InChI=1S/C11H15NO2/c1-12(2)7-6-9-4-3-5-10-11(9)14-8-13-10/h3-5H,6-8H2,1-2H3. The van der Waals surface area contributed by atoms with Crippen LogP contribution in [0.2, 0.25) is 0 Å². The smallest absolute Gasteiger partial charge is 0.231 e. The Morgan fingerprint density at radius 3 is 2.93 bits per heavy atom. The lowest BCUT2D eigenvalue weighted by atomic mass is 10.1. The molecule has 0 amide bonds. The van der Waals surface area contributed by atoms with Crippen molar-refractivity contribution < 1.29 is 9.47 Å². The molecule has 0 fully saturated rings. The van der Waals surface area contributed by atoms with Crippen LogP contribution in [0.4, 0.5) is 0 Å². The van der Waals surface area contributed by atoms with Gasteiger partial charge in [0.05, 0.1) is 0 Å². The van der Waals surface area contributed by atoms with Crippen molar-refractivity contribution in [3.8, 4) is 11.5 Å². The average molecular weight is 193 g/mol. The predicted octanol–water partition coefficient (Wildman–Crippen LogP) is 1.52. The van der Waals surface area contributed by atoms with E-state index in [2.05, 4.69) is 25.1 Å². The summed E-state index contributed by atoms with van der Waals surface area (Å²) in [6.45, 7) is 1.38. The molecule has 1 aliphatic heterocycles. The van der Waals surface area contributed by atoms with Crippen LogP contribution in [0.25, 0.3) is 0 Å². The topological polar surface area (TPSA) is 21.7 Å². The highest BCUT2D eigenvalue weighted by Gasteiger charge is 2.16. The van der Waals surface area contributed by atoms with Crippen LogP contribution in [-0.4, -0.2) is 32.3 Å². The van der Waals surface area contributed by atoms with Gasteiger partial charge in [-0.1, -0.05) is 12.1 Å². The molecule has 1 aromatic carbocycles. The molecule has 0 bridgehead atoms. The summed E-state index contributed by atoms with van der Waals surface area (Å²) in [5.74, 6) is 1.80. The first-order valence-electron chi connectivity index (χ1n) is 4.79. The van der Waals surface area contributed by atoms with Gasteiger partial charge in [-0.3, -0.25) is 0 Å². The number of ether oxygens (including phenoxy) is 2. The molecule has 3 nitrogen and oxygen atoms in total. The number of rotatable bonds is 3. The lowest BCUT2D eigenvalue weighted by Crippen LogP contribution is -2.15. The van der Waals surface area contributed by atoms with Gasteiger partial charge in [-0.2, -0.15) is 0 Å². The lowest BCUT2D eigenvalue weighted by Gasteiger charge is -2.10. The first-order chi connectivity index (χ1) is 6.77. The van der Waals surface area contributed by atoms with Gasteiger partial charge in [0.15, 0.2) is 11.5 Å². The molecule has 3 heteroatoms. The molecular formula is C11H15NO2. The Bertz CT molecular complexity index is 323. The van der Waals surface area contributed by atoms with Gasteiger partial charge in [0.25, 0.3) is 0 Å². The lowest BCUT2D eigenvalue weighted by molar-refractivity contribution is 0.173. The van der Waals surface area contributed by atoms with Crippen molar-refractivity contribution in [1.29, 1.82) is 0 Å². The molecule has 0 unspecified atom stereocenters. The van der Waals surface area contributed by atoms with Gasteiger partial charge in [0.2, 0.25) is 6.79 Å². The van der Waals surface area contributed by atoms with Crippen LogP contribution in [0.1, 0.15) is 5.56 Å². The summed E-state index contributed by atoms with van der Waals surface area (Å²) in [5, 5.41) is 0. The van der Waals surface area contributed by atoms with E-state index < -0.39 is 0 Å². The second-order valence-electron chi connectivity index (χ2n) is 3.70. The third-order valence-electron chi connectivity index (χ3n) is 2.31. The summed E-state index contributed by atoms with van der Waals surface area (Å²) in [6.07, 6.45) is 1.000. The van der Waals surface area contributed by atoms with Crippen molar-refractivity contribution in [2.24, 2.45) is 0 Å². The average Bonchev–Trinajstić information content (AvgIpc) is 2.62. The Labute approximate surface area is 84.2 Å². The maximum Gasteiger partial charge on any atom is 0.231 e. The molecule has 0 atom stereocenters. The number of hydrogen-bond acceptors (Lipinski definition) is 3. The summed E-state index contributed by atoms with van der Waals surface area (Å²) in [5.41, 5.74) is 1.23. The molecule has 76 valence electrons. The van der Waals surface area contributed by atoms with Crippen molar-refractivity contribution in [2.45, 2.75) is 6.42 Å². The molecule has 0 radical (unpaired) electrons. The first-order valence-corrected chi connectivity index (χ1v) is 4.79. The Balaban J connectivity index is 2.14. The number of fused-ring (bicyclic) bond motifs is 1. The molecule has 1 aliphatic rings. The van der Waals surface area contributed by atoms with Gasteiger partial charge in [-0.25, -0.2) is 0 Å². The van der Waals surface area contributed by atoms with Gasteiger partial charge in [0, 0.05) is 6.54 Å². The minimum absolute atomic E-state index is 0.355. The van der Waals surface area contributed by atoms with Crippen LogP contribution in [0.5, 0.6) is 11.5 Å². The van der Waals surface area contributed by atoms with E-state index in [1.54, 1.807) is 0 Å². The SMILES string of the molecule is CN(C)CCc1cccc2c1OCO2. The van der Waals surface area contributed by atoms with E-state index >= 15 is 0 Å². The maximum absolute atomic E-state index is 5.42. The minimum Gasteiger partial charge on any atom is -0.454 e. The van der Waals surface area contributed by atoms with E-state index in [9.17, 15) is 0 Å². The van der Waals surface area contributed by atoms with Crippen molar-refractivity contribution in [3.05, 3.63) is 23.8 Å². The number of hydrogen-bond donors (Lipinski definition) is 0. The van der Waals surface area contributed by atoms with Crippen LogP contribution in [0.3, 0.4) is 0 Å². The Morgan fingerprint density at radius 2 is 2.14 bits per heavy atom. The highest BCUT2D eigenvalue weighted by Crippen LogP contribution is 2.35. The molecule has 0 N–H and O–H groups in total. The largest absolute Gasteiger partial charge is 0.454 e. The molecular weight excluding hydrogens is 178 g/mol. The van der Waals surface area contributed by atoms with Crippen molar-refractivity contribution in [3.63, 3.8) is 0 Å². The predicted molar refractivity (Wildman–Crippen MR) is 54.8 cm³/mol. The Kier molecular flexibility index (Phi) is 2.59. The maximum atomic E-state index is 5.42. The number of nitrogens with zero attached hydrogens (tertiary/aromatic N) is 1. The van der Waals surface area contributed by atoms with Crippen molar-refractivity contribution in [2.75, 3.05) is 27.4 Å². The van der Waals surface area contributed by atoms with Gasteiger partial charge in [0.1, 0.15) is 0 Å². The molecule has 0 saturated heterocycles. The normalized spacial score (nSPS) is 13.6. The van der Waals surface area contributed by atoms with E-state index in [1.165, 1.54) is 5.56 Å². The van der Waals surface area contributed by atoms with E-state index in [-0.39, 0.29) is 0 Å². The number of para-hydroxylation sites is 1. The Morgan fingerprint density at radius 1 is 1.29 bits per heavy atom. The van der Waals surface area contributed by atoms with E-state index in [4.69, 9.17) is 9.47 Å². The van der Waals surface area contributed by atoms with E-state index in [1.807, 2.05) is 12.1 Å². The third-order valence-corrected chi connectivity index (χ3v) is 2.31. The summed E-state index contributed by atoms with van der Waals surface area (Å²) in [6, 6.07) is 6.05. The van der Waals surface area contributed by atoms with Crippen LogP contribution < -0.4 is 9.47 Å². The monoisotopic (exact) mass is 193 g/mol. The quantitative estimate of drug-likeness (QED) is 0.726. The molecule has 14 heavy (non-hydrogen) atoms. The van der Waals surface area contributed by atoms with Crippen molar-refractivity contribution >= 4 is 0 Å². The molecule has 1 aromatic rings. The number of benzene rings is 1. The zero-order valence-corrected chi connectivity index (χ0v) is 8.62. The van der Waals surface area contributed by atoms with Gasteiger partial charge < -0.3 is 14.4 Å². The third kappa shape index (κ3) is 1.82. The second-order valence-corrected chi connectivity index (χ2v) is 3.70. The number of likely N-dealkylation sites (N-methyl/N-ethyl adjacent to an activating group) is 1.